The molecular weight excluding hydrogens is 354 g/mol. The van der Waals surface area contributed by atoms with Gasteiger partial charge in [0.2, 0.25) is 5.91 Å². The van der Waals surface area contributed by atoms with Crippen molar-refractivity contribution in [2.75, 3.05) is 18.1 Å². The Balaban J connectivity index is 1.60. The average molecular weight is 377 g/mol. The molecule has 0 radical (unpaired) electrons. The fraction of sp³-hybridized carbons (Fsp3) is 0.500. The first-order valence-corrected chi connectivity index (χ1v) is 10.6. The maximum absolute atomic E-state index is 12.4. The molecule has 1 aromatic carbocycles. The topological polar surface area (TPSA) is 95.9 Å². The molecular formula is C18H23N3O4S. The van der Waals surface area contributed by atoms with Crippen molar-refractivity contribution in [3.8, 4) is 0 Å². The van der Waals surface area contributed by atoms with Crippen LogP contribution < -0.4 is 5.32 Å². The monoisotopic (exact) mass is 377 g/mol. The molecule has 2 amide bonds. The first-order chi connectivity index (χ1) is 12.4. The summed E-state index contributed by atoms with van der Waals surface area (Å²) in [6.07, 6.45) is 1.56. The Labute approximate surface area is 153 Å². The highest BCUT2D eigenvalue weighted by Crippen LogP contribution is 2.22. The summed E-state index contributed by atoms with van der Waals surface area (Å²) >= 11 is 0. The predicted molar refractivity (Wildman–Crippen MR) is 98.5 cm³/mol. The molecule has 2 aliphatic rings. The van der Waals surface area contributed by atoms with Crippen LogP contribution in [0, 0.1) is 6.92 Å². The van der Waals surface area contributed by atoms with Crippen LogP contribution >= 0.6 is 0 Å². The van der Waals surface area contributed by atoms with Gasteiger partial charge >= 0.3 is 0 Å². The zero-order valence-corrected chi connectivity index (χ0v) is 15.6. The van der Waals surface area contributed by atoms with E-state index in [2.05, 4.69) is 10.4 Å². The number of hydrogen-bond donors (Lipinski definition) is 1. The number of carbonyl (C=O) groups excluding carboxylic acids is 2. The lowest BCUT2D eigenvalue weighted by Gasteiger charge is -2.27. The number of hydrogen-bond acceptors (Lipinski definition) is 5. The molecule has 1 N–H and O–H groups in total. The van der Waals surface area contributed by atoms with Crippen molar-refractivity contribution < 1.29 is 18.0 Å². The number of nitrogens with one attached hydrogen (secondary N) is 1. The SMILES string of the molecule is Cc1ccccc1CCNC(=O)C1=NN([C@@H]2CCS(=O)(=O)C2)C(=O)CC1. The van der Waals surface area contributed by atoms with Crippen LogP contribution in [0.1, 0.15) is 30.4 Å². The third-order valence-corrected chi connectivity index (χ3v) is 6.57. The van der Waals surface area contributed by atoms with Gasteiger partial charge in [0, 0.05) is 19.4 Å². The summed E-state index contributed by atoms with van der Waals surface area (Å²) in [4.78, 5) is 24.5. The number of amides is 2. The molecule has 8 heteroatoms. The number of rotatable bonds is 5. The van der Waals surface area contributed by atoms with Crippen LogP contribution in [0.15, 0.2) is 29.4 Å². The lowest BCUT2D eigenvalue weighted by atomic mass is 10.1. The lowest BCUT2D eigenvalue weighted by Crippen LogP contribution is -2.44. The molecule has 0 saturated carbocycles. The van der Waals surface area contributed by atoms with E-state index in [9.17, 15) is 18.0 Å². The largest absolute Gasteiger partial charge is 0.351 e. The minimum atomic E-state index is -3.12. The molecule has 0 bridgehead atoms. The number of hydrazone groups is 1. The zero-order valence-electron chi connectivity index (χ0n) is 14.8. The van der Waals surface area contributed by atoms with Gasteiger partial charge in [-0.15, -0.1) is 0 Å². The molecule has 2 aliphatic heterocycles. The molecule has 26 heavy (non-hydrogen) atoms. The Morgan fingerprint density at radius 2 is 2.08 bits per heavy atom. The number of carbonyl (C=O) groups is 2. The summed E-state index contributed by atoms with van der Waals surface area (Å²) in [5.41, 5.74) is 2.64. The molecule has 1 saturated heterocycles. The highest BCUT2D eigenvalue weighted by Gasteiger charge is 2.37. The summed E-state index contributed by atoms with van der Waals surface area (Å²) in [7, 11) is -3.12. The Morgan fingerprint density at radius 3 is 2.77 bits per heavy atom. The van der Waals surface area contributed by atoms with Crippen LogP contribution in [0.2, 0.25) is 0 Å². The Bertz CT molecular complexity index is 848. The van der Waals surface area contributed by atoms with Crippen LogP contribution in [0.25, 0.3) is 0 Å². The highest BCUT2D eigenvalue weighted by molar-refractivity contribution is 7.91. The minimum absolute atomic E-state index is 0.0644. The maximum Gasteiger partial charge on any atom is 0.267 e. The molecule has 1 atom stereocenters. The summed E-state index contributed by atoms with van der Waals surface area (Å²) in [6.45, 7) is 2.51. The second-order valence-electron chi connectivity index (χ2n) is 6.77. The summed E-state index contributed by atoms with van der Waals surface area (Å²) < 4.78 is 23.3. The fourth-order valence-electron chi connectivity index (χ4n) is 3.29. The molecule has 0 spiro atoms. The highest BCUT2D eigenvalue weighted by atomic mass is 32.2. The van der Waals surface area contributed by atoms with Gasteiger partial charge in [-0.25, -0.2) is 13.4 Å². The van der Waals surface area contributed by atoms with Gasteiger partial charge in [-0.2, -0.15) is 5.10 Å². The fourth-order valence-corrected chi connectivity index (χ4v) is 4.98. The standard InChI is InChI=1S/C18H23N3O4S/c1-13-4-2-3-5-14(13)8-10-19-18(23)16-6-7-17(22)21(20-16)15-9-11-26(24,25)12-15/h2-5,15H,6-12H2,1H3,(H,19,23)/t15-/m1/s1. The molecule has 0 aliphatic carbocycles. The van der Waals surface area contributed by atoms with Gasteiger partial charge < -0.3 is 5.32 Å². The normalized spacial score (nSPS) is 22.2. The molecule has 0 unspecified atom stereocenters. The maximum atomic E-state index is 12.4. The smallest absolute Gasteiger partial charge is 0.267 e. The van der Waals surface area contributed by atoms with E-state index < -0.39 is 15.9 Å². The van der Waals surface area contributed by atoms with Gasteiger partial charge in [-0.1, -0.05) is 24.3 Å². The third kappa shape index (κ3) is 4.30. The van der Waals surface area contributed by atoms with E-state index in [4.69, 9.17) is 0 Å². The van der Waals surface area contributed by atoms with Gasteiger partial charge in [0.25, 0.3) is 5.91 Å². The summed E-state index contributed by atoms with van der Waals surface area (Å²) in [6, 6.07) is 7.54. The second kappa shape index (κ2) is 7.57. The zero-order chi connectivity index (χ0) is 18.7. The van der Waals surface area contributed by atoms with E-state index in [-0.39, 0.29) is 36.2 Å². The number of nitrogens with zero attached hydrogens (tertiary/aromatic N) is 2. The van der Waals surface area contributed by atoms with Crippen molar-refractivity contribution in [3.63, 3.8) is 0 Å². The number of benzene rings is 1. The Morgan fingerprint density at radius 1 is 1.31 bits per heavy atom. The van der Waals surface area contributed by atoms with Gasteiger partial charge in [0.15, 0.2) is 9.84 Å². The van der Waals surface area contributed by atoms with E-state index in [1.54, 1.807) is 0 Å². The van der Waals surface area contributed by atoms with Crippen LogP contribution in [0.4, 0.5) is 0 Å². The predicted octanol–water partition coefficient (Wildman–Crippen LogP) is 0.819. The third-order valence-electron chi connectivity index (χ3n) is 4.82. The molecule has 2 heterocycles. The van der Waals surface area contributed by atoms with Gasteiger partial charge in [-0.3, -0.25) is 9.59 Å². The minimum Gasteiger partial charge on any atom is -0.351 e. The Hall–Kier alpha value is -2.22. The van der Waals surface area contributed by atoms with Crippen molar-refractivity contribution in [2.24, 2.45) is 5.10 Å². The van der Waals surface area contributed by atoms with Crippen molar-refractivity contribution in [1.82, 2.24) is 10.3 Å². The first kappa shape index (κ1) is 18.6. The summed E-state index contributed by atoms with van der Waals surface area (Å²) in [5.74, 6) is -0.528. The van der Waals surface area contributed by atoms with Crippen LogP contribution in [0.3, 0.4) is 0 Å². The molecule has 1 aromatic rings. The number of aryl methyl sites for hydroxylation is 1. The molecule has 7 nitrogen and oxygen atoms in total. The van der Waals surface area contributed by atoms with E-state index in [1.165, 1.54) is 16.1 Å². The second-order valence-corrected chi connectivity index (χ2v) is 9.00. The first-order valence-electron chi connectivity index (χ1n) is 8.78. The molecule has 1 fully saturated rings. The molecule has 140 valence electrons. The van der Waals surface area contributed by atoms with Crippen LogP contribution in [-0.2, 0) is 25.8 Å². The van der Waals surface area contributed by atoms with E-state index >= 15 is 0 Å². The summed E-state index contributed by atoms with van der Waals surface area (Å²) in [5, 5.41) is 8.23. The van der Waals surface area contributed by atoms with Crippen LogP contribution in [-0.4, -0.2) is 55.0 Å². The van der Waals surface area contributed by atoms with Crippen molar-refractivity contribution in [2.45, 2.75) is 38.6 Å². The van der Waals surface area contributed by atoms with E-state index in [0.717, 1.165) is 6.42 Å². The van der Waals surface area contributed by atoms with E-state index in [0.29, 0.717) is 18.7 Å². The van der Waals surface area contributed by atoms with Crippen LogP contribution in [0.5, 0.6) is 0 Å². The molecule has 3 rings (SSSR count). The van der Waals surface area contributed by atoms with Crippen molar-refractivity contribution in [3.05, 3.63) is 35.4 Å². The Kier molecular flexibility index (Phi) is 5.41. The van der Waals surface area contributed by atoms with Crippen molar-refractivity contribution >= 4 is 27.4 Å². The van der Waals surface area contributed by atoms with Gasteiger partial charge in [-0.05, 0) is 30.9 Å². The molecule has 0 aromatic heterocycles. The lowest BCUT2D eigenvalue weighted by molar-refractivity contribution is -0.133. The van der Waals surface area contributed by atoms with Gasteiger partial charge in [0.05, 0.1) is 17.5 Å². The quantitative estimate of drug-likeness (QED) is 0.822. The van der Waals surface area contributed by atoms with Crippen molar-refractivity contribution in [1.29, 1.82) is 0 Å². The average Bonchev–Trinajstić information content (AvgIpc) is 2.96. The van der Waals surface area contributed by atoms with E-state index in [1.807, 2.05) is 31.2 Å². The van der Waals surface area contributed by atoms with Gasteiger partial charge in [0.1, 0.15) is 5.71 Å². The number of sulfone groups is 1.